The second-order valence-corrected chi connectivity index (χ2v) is 8.53. The highest BCUT2D eigenvalue weighted by Gasteiger charge is 2.36. The minimum Gasteiger partial charge on any atom is -0.336 e. The van der Waals surface area contributed by atoms with Crippen molar-refractivity contribution >= 4 is 22.9 Å². The molecule has 0 fully saturated rings. The van der Waals surface area contributed by atoms with Gasteiger partial charge in [-0.25, -0.2) is 14.2 Å². The van der Waals surface area contributed by atoms with E-state index in [0.29, 0.717) is 9.39 Å². The van der Waals surface area contributed by atoms with Gasteiger partial charge in [0, 0.05) is 32.1 Å². The van der Waals surface area contributed by atoms with E-state index in [0.717, 1.165) is 17.3 Å². The lowest BCUT2D eigenvalue weighted by molar-refractivity contribution is -0.142. The molecule has 5 rings (SSSR count). The van der Waals surface area contributed by atoms with Crippen LogP contribution in [-0.2, 0) is 12.7 Å². The lowest BCUT2D eigenvalue weighted by atomic mass is 10.2. The van der Waals surface area contributed by atoms with Gasteiger partial charge in [-0.1, -0.05) is 18.2 Å². The van der Waals surface area contributed by atoms with E-state index in [1.807, 2.05) is 36.5 Å². The van der Waals surface area contributed by atoms with Gasteiger partial charge in [-0.15, -0.1) is 11.3 Å². The predicted molar refractivity (Wildman–Crippen MR) is 121 cm³/mol. The Hall–Kier alpha value is -3.99. The molecule has 0 unspecified atom stereocenters. The fourth-order valence-corrected chi connectivity index (χ4v) is 4.23. The van der Waals surface area contributed by atoms with Crippen molar-refractivity contribution in [2.24, 2.45) is 0 Å². The number of carbonyl (C=O) groups excluding carboxylic acids is 1. The van der Waals surface area contributed by atoms with Crippen molar-refractivity contribution in [1.82, 2.24) is 29.3 Å². The number of nitrogens with zero attached hydrogens (tertiary/aromatic N) is 6. The molecular weight excluding hydrogens is 465 g/mol. The lowest BCUT2D eigenvalue weighted by Crippen LogP contribution is -2.26. The molecule has 7 nitrogen and oxygen atoms in total. The molecule has 172 valence electrons. The Morgan fingerprint density at radius 2 is 1.91 bits per heavy atom. The van der Waals surface area contributed by atoms with Gasteiger partial charge in [-0.05, 0) is 41.3 Å². The number of carbonyl (C=O) groups is 1. The average Bonchev–Trinajstić information content (AvgIpc) is 3.59. The standard InChI is InChI=1S/C23H17F3N6OS/c1-30(14-15-5-7-16(8-6-15)31-10-3-9-27-31)22(33)18-13-21-28-17(19-4-2-11-34-19)12-20(23(24,25)26)32(21)29-18/h2-13H,14H2,1H3. The summed E-state index contributed by atoms with van der Waals surface area (Å²) in [5.74, 6) is -0.507. The second-order valence-electron chi connectivity index (χ2n) is 7.58. The molecule has 0 saturated carbocycles. The molecule has 11 heteroatoms. The summed E-state index contributed by atoms with van der Waals surface area (Å²) in [7, 11) is 1.57. The van der Waals surface area contributed by atoms with Crippen molar-refractivity contribution in [1.29, 1.82) is 0 Å². The molecule has 4 aromatic heterocycles. The number of rotatable bonds is 5. The smallest absolute Gasteiger partial charge is 0.336 e. The molecule has 0 atom stereocenters. The van der Waals surface area contributed by atoms with Gasteiger partial charge in [-0.2, -0.15) is 23.4 Å². The number of fused-ring (bicyclic) bond motifs is 1. The highest BCUT2D eigenvalue weighted by Crippen LogP contribution is 2.33. The number of hydrogen-bond acceptors (Lipinski definition) is 5. The first kappa shape index (κ1) is 21.8. The Morgan fingerprint density at radius 3 is 2.56 bits per heavy atom. The summed E-state index contributed by atoms with van der Waals surface area (Å²) in [5.41, 5.74) is 0.756. The number of halogens is 3. The van der Waals surface area contributed by atoms with E-state index in [-0.39, 0.29) is 23.6 Å². The molecule has 1 aromatic carbocycles. The Balaban J connectivity index is 1.42. The molecule has 0 aliphatic rings. The van der Waals surface area contributed by atoms with Crippen molar-refractivity contribution < 1.29 is 18.0 Å². The van der Waals surface area contributed by atoms with E-state index in [1.54, 1.807) is 35.4 Å². The van der Waals surface area contributed by atoms with Gasteiger partial charge in [0.15, 0.2) is 17.0 Å². The first-order chi connectivity index (χ1) is 16.3. The zero-order chi connectivity index (χ0) is 23.9. The van der Waals surface area contributed by atoms with Gasteiger partial charge in [0.05, 0.1) is 16.3 Å². The third-order valence-electron chi connectivity index (χ3n) is 5.18. The fourth-order valence-electron chi connectivity index (χ4n) is 3.55. The molecule has 5 aromatic rings. The predicted octanol–water partition coefficient (Wildman–Crippen LogP) is 4.93. The Kier molecular flexibility index (Phi) is 5.40. The zero-order valence-corrected chi connectivity index (χ0v) is 18.6. The number of benzene rings is 1. The topological polar surface area (TPSA) is 68.3 Å². The number of alkyl halides is 3. The fraction of sp³-hybridized carbons (Fsp3) is 0.130. The van der Waals surface area contributed by atoms with Gasteiger partial charge in [0.25, 0.3) is 5.91 Å². The number of amides is 1. The molecule has 34 heavy (non-hydrogen) atoms. The van der Waals surface area contributed by atoms with Crippen LogP contribution in [0.1, 0.15) is 21.7 Å². The molecule has 1 amide bonds. The molecule has 0 N–H and O–H groups in total. The molecule has 0 bridgehead atoms. The van der Waals surface area contributed by atoms with Gasteiger partial charge >= 0.3 is 6.18 Å². The van der Waals surface area contributed by atoms with Gasteiger partial charge < -0.3 is 4.90 Å². The maximum atomic E-state index is 13.7. The van der Waals surface area contributed by atoms with E-state index in [1.165, 1.54) is 22.3 Å². The largest absolute Gasteiger partial charge is 0.433 e. The minimum atomic E-state index is -4.66. The number of aromatic nitrogens is 5. The molecular formula is C23H17F3N6OS. The van der Waals surface area contributed by atoms with Crippen LogP contribution in [0.25, 0.3) is 21.9 Å². The van der Waals surface area contributed by atoms with E-state index in [2.05, 4.69) is 15.2 Å². The highest BCUT2D eigenvalue weighted by molar-refractivity contribution is 7.13. The summed E-state index contributed by atoms with van der Waals surface area (Å²) in [6.07, 6.45) is -1.17. The molecule has 0 spiro atoms. The Morgan fingerprint density at radius 1 is 1.12 bits per heavy atom. The first-order valence-corrected chi connectivity index (χ1v) is 11.0. The van der Waals surface area contributed by atoms with Crippen molar-refractivity contribution in [2.45, 2.75) is 12.7 Å². The van der Waals surface area contributed by atoms with Crippen molar-refractivity contribution in [3.8, 4) is 16.3 Å². The summed E-state index contributed by atoms with van der Waals surface area (Å²) in [6, 6.07) is 14.9. The molecule has 0 radical (unpaired) electrons. The van der Waals surface area contributed by atoms with Crippen molar-refractivity contribution in [3.05, 3.63) is 89.3 Å². The molecule has 0 saturated heterocycles. The van der Waals surface area contributed by atoms with Crippen LogP contribution in [-0.4, -0.2) is 42.2 Å². The average molecular weight is 482 g/mol. The van der Waals surface area contributed by atoms with Crippen LogP contribution in [0.4, 0.5) is 13.2 Å². The van der Waals surface area contributed by atoms with E-state index < -0.39 is 17.8 Å². The van der Waals surface area contributed by atoms with Crippen LogP contribution >= 0.6 is 11.3 Å². The monoisotopic (exact) mass is 482 g/mol. The van der Waals surface area contributed by atoms with Gasteiger partial charge in [0.1, 0.15) is 0 Å². The van der Waals surface area contributed by atoms with Crippen LogP contribution in [0.15, 0.2) is 72.4 Å². The van der Waals surface area contributed by atoms with Crippen LogP contribution in [0.2, 0.25) is 0 Å². The quantitative estimate of drug-likeness (QED) is 0.356. The van der Waals surface area contributed by atoms with E-state index in [4.69, 9.17) is 0 Å². The summed E-state index contributed by atoms with van der Waals surface area (Å²) >= 11 is 1.28. The summed E-state index contributed by atoms with van der Waals surface area (Å²) in [4.78, 5) is 19.3. The van der Waals surface area contributed by atoms with Crippen LogP contribution in [0, 0.1) is 0 Å². The zero-order valence-electron chi connectivity index (χ0n) is 17.8. The second kappa shape index (κ2) is 8.41. The van der Waals surface area contributed by atoms with Gasteiger partial charge in [0.2, 0.25) is 0 Å². The van der Waals surface area contributed by atoms with Crippen LogP contribution < -0.4 is 0 Å². The minimum absolute atomic E-state index is 0.0430. The summed E-state index contributed by atoms with van der Waals surface area (Å²) in [5, 5.41) is 9.88. The number of hydrogen-bond donors (Lipinski definition) is 0. The highest BCUT2D eigenvalue weighted by atomic mass is 32.1. The molecule has 0 aliphatic heterocycles. The Labute approximate surface area is 195 Å². The van der Waals surface area contributed by atoms with E-state index >= 15 is 0 Å². The lowest BCUT2D eigenvalue weighted by Gasteiger charge is -2.16. The molecule has 4 heterocycles. The normalized spacial score (nSPS) is 11.8. The van der Waals surface area contributed by atoms with Crippen LogP contribution in [0.3, 0.4) is 0 Å². The van der Waals surface area contributed by atoms with Crippen molar-refractivity contribution in [2.75, 3.05) is 7.05 Å². The number of thiophene rings is 1. The molecule has 0 aliphatic carbocycles. The third kappa shape index (κ3) is 4.17. The summed E-state index contributed by atoms with van der Waals surface area (Å²) < 4.78 is 43.6. The maximum absolute atomic E-state index is 13.7. The van der Waals surface area contributed by atoms with E-state index in [9.17, 15) is 18.0 Å². The third-order valence-corrected chi connectivity index (χ3v) is 6.07. The van der Waals surface area contributed by atoms with Gasteiger partial charge in [-0.3, -0.25) is 4.79 Å². The Bertz CT molecular complexity index is 1440. The maximum Gasteiger partial charge on any atom is 0.433 e. The van der Waals surface area contributed by atoms with Crippen molar-refractivity contribution in [3.63, 3.8) is 0 Å². The first-order valence-electron chi connectivity index (χ1n) is 10.2. The summed E-state index contributed by atoms with van der Waals surface area (Å²) in [6.45, 7) is 0.256. The van der Waals surface area contributed by atoms with Crippen LogP contribution in [0.5, 0.6) is 0 Å². The SMILES string of the molecule is CN(Cc1ccc(-n2cccn2)cc1)C(=O)c1cc2nc(-c3cccs3)cc(C(F)(F)F)n2n1.